The second-order valence-corrected chi connectivity index (χ2v) is 7.27. The minimum Gasteiger partial charge on any atom is -0.396 e. The molecule has 0 aliphatic carbocycles. The first kappa shape index (κ1) is 18.7. The SMILES string of the molecule is CCc1ccc(-n2c(SCCCCCO)nc3ccccc3c2=O)cc1. The topological polar surface area (TPSA) is 55.1 Å². The maximum atomic E-state index is 13.1. The summed E-state index contributed by atoms with van der Waals surface area (Å²) in [4.78, 5) is 17.9. The van der Waals surface area contributed by atoms with Crippen LogP contribution in [-0.4, -0.2) is 27.0 Å². The number of nitrogens with zero attached hydrogens (tertiary/aromatic N) is 2. The van der Waals surface area contributed by atoms with E-state index in [1.165, 1.54) is 5.56 Å². The van der Waals surface area contributed by atoms with E-state index in [0.717, 1.165) is 47.8 Å². The number of thioether (sulfide) groups is 1. The third-order valence-electron chi connectivity index (χ3n) is 4.38. The molecule has 26 heavy (non-hydrogen) atoms. The average Bonchev–Trinajstić information content (AvgIpc) is 2.68. The number of rotatable bonds is 8. The van der Waals surface area contributed by atoms with Gasteiger partial charge in [0, 0.05) is 12.4 Å². The number of aromatic nitrogens is 2. The van der Waals surface area contributed by atoms with Crippen molar-refractivity contribution in [2.24, 2.45) is 0 Å². The average molecular weight is 369 g/mol. The lowest BCUT2D eigenvalue weighted by Gasteiger charge is -2.13. The van der Waals surface area contributed by atoms with Crippen molar-refractivity contribution in [2.75, 3.05) is 12.4 Å². The Balaban J connectivity index is 2.01. The molecule has 3 aromatic rings. The van der Waals surface area contributed by atoms with E-state index in [2.05, 4.69) is 19.1 Å². The van der Waals surface area contributed by atoms with Crippen molar-refractivity contribution in [3.8, 4) is 5.69 Å². The van der Waals surface area contributed by atoms with E-state index in [1.807, 2.05) is 36.4 Å². The van der Waals surface area contributed by atoms with Crippen LogP contribution in [0.3, 0.4) is 0 Å². The molecule has 3 rings (SSSR count). The fourth-order valence-corrected chi connectivity index (χ4v) is 3.88. The molecule has 1 heterocycles. The molecular formula is C21H24N2O2S. The summed E-state index contributed by atoms with van der Waals surface area (Å²) in [6.07, 6.45) is 3.75. The van der Waals surface area contributed by atoms with Gasteiger partial charge in [0.25, 0.3) is 5.56 Å². The summed E-state index contributed by atoms with van der Waals surface area (Å²) in [5.74, 6) is 0.873. The number of hydrogen-bond acceptors (Lipinski definition) is 4. The van der Waals surface area contributed by atoms with E-state index < -0.39 is 0 Å². The number of aliphatic hydroxyl groups excluding tert-OH is 1. The maximum absolute atomic E-state index is 13.1. The Kier molecular flexibility index (Phi) is 6.47. The van der Waals surface area contributed by atoms with Crippen LogP contribution in [0.5, 0.6) is 0 Å². The van der Waals surface area contributed by atoms with Gasteiger partial charge < -0.3 is 5.11 Å². The van der Waals surface area contributed by atoms with E-state index in [1.54, 1.807) is 16.3 Å². The van der Waals surface area contributed by atoms with Crippen molar-refractivity contribution in [2.45, 2.75) is 37.8 Å². The minimum atomic E-state index is -0.0299. The number of benzene rings is 2. The predicted octanol–water partition coefficient (Wildman–Crippen LogP) is 4.20. The molecule has 0 unspecified atom stereocenters. The first-order valence-corrected chi connectivity index (χ1v) is 10.1. The highest BCUT2D eigenvalue weighted by Crippen LogP contribution is 2.22. The van der Waals surface area contributed by atoms with Crippen molar-refractivity contribution in [3.05, 3.63) is 64.4 Å². The standard InChI is InChI=1S/C21H24N2O2S/c1-2-16-10-12-17(13-11-16)23-20(25)18-8-4-5-9-19(18)22-21(23)26-15-7-3-6-14-24/h4-5,8-13,24H,2-3,6-7,14-15H2,1H3. The zero-order chi connectivity index (χ0) is 18.4. The fourth-order valence-electron chi connectivity index (χ4n) is 2.87. The summed E-state index contributed by atoms with van der Waals surface area (Å²) in [5, 5.41) is 10.3. The van der Waals surface area contributed by atoms with Gasteiger partial charge in [0.15, 0.2) is 5.16 Å². The van der Waals surface area contributed by atoms with Gasteiger partial charge in [-0.2, -0.15) is 0 Å². The van der Waals surface area contributed by atoms with Crippen LogP contribution in [0.15, 0.2) is 58.5 Å². The predicted molar refractivity (Wildman–Crippen MR) is 108 cm³/mol. The number of aryl methyl sites for hydroxylation is 1. The second kappa shape index (κ2) is 9.01. The summed E-state index contributed by atoms with van der Waals surface area (Å²) in [7, 11) is 0. The molecule has 0 atom stereocenters. The summed E-state index contributed by atoms with van der Waals surface area (Å²) in [5.41, 5.74) is 2.80. The monoisotopic (exact) mass is 368 g/mol. The fraction of sp³-hybridized carbons (Fsp3) is 0.333. The second-order valence-electron chi connectivity index (χ2n) is 6.20. The molecule has 4 nitrogen and oxygen atoms in total. The Bertz CT molecular complexity index is 919. The van der Waals surface area contributed by atoms with E-state index in [4.69, 9.17) is 10.1 Å². The lowest BCUT2D eigenvalue weighted by atomic mass is 10.1. The van der Waals surface area contributed by atoms with Gasteiger partial charge in [-0.05, 0) is 49.1 Å². The van der Waals surface area contributed by atoms with Crippen LogP contribution in [0, 0.1) is 0 Å². The van der Waals surface area contributed by atoms with E-state index in [0.29, 0.717) is 5.39 Å². The molecule has 1 N–H and O–H groups in total. The van der Waals surface area contributed by atoms with Crippen molar-refractivity contribution in [1.82, 2.24) is 9.55 Å². The number of hydrogen-bond donors (Lipinski definition) is 1. The summed E-state index contributed by atoms with van der Waals surface area (Å²) in [6, 6.07) is 15.6. The molecule has 0 saturated heterocycles. The molecule has 0 radical (unpaired) electrons. The number of para-hydroxylation sites is 1. The molecule has 2 aromatic carbocycles. The molecule has 136 valence electrons. The highest BCUT2D eigenvalue weighted by atomic mass is 32.2. The summed E-state index contributed by atoms with van der Waals surface area (Å²) >= 11 is 1.60. The smallest absolute Gasteiger partial charge is 0.266 e. The third kappa shape index (κ3) is 4.17. The maximum Gasteiger partial charge on any atom is 0.266 e. The van der Waals surface area contributed by atoms with Gasteiger partial charge in [0.1, 0.15) is 0 Å². The normalized spacial score (nSPS) is 11.2. The number of fused-ring (bicyclic) bond motifs is 1. The lowest BCUT2D eigenvalue weighted by molar-refractivity contribution is 0.284. The van der Waals surface area contributed by atoms with Crippen LogP contribution >= 0.6 is 11.8 Å². The third-order valence-corrected chi connectivity index (χ3v) is 5.41. The molecular weight excluding hydrogens is 344 g/mol. The molecule has 0 amide bonds. The Morgan fingerprint density at radius 3 is 2.54 bits per heavy atom. The highest BCUT2D eigenvalue weighted by Gasteiger charge is 2.13. The first-order valence-electron chi connectivity index (χ1n) is 9.09. The number of aliphatic hydroxyl groups is 1. The van der Waals surface area contributed by atoms with Gasteiger partial charge in [-0.3, -0.25) is 9.36 Å². The lowest BCUT2D eigenvalue weighted by Crippen LogP contribution is -2.21. The van der Waals surface area contributed by atoms with Crippen molar-refractivity contribution >= 4 is 22.7 Å². The zero-order valence-corrected chi connectivity index (χ0v) is 15.8. The first-order chi connectivity index (χ1) is 12.7. The quantitative estimate of drug-likeness (QED) is 0.368. The van der Waals surface area contributed by atoms with Crippen molar-refractivity contribution < 1.29 is 5.11 Å². The van der Waals surface area contributed by atoms with E-state index in [-0.39, 0.29) is 12.2 Å². The highest BCUT2D eigenvalue weighted by molar-refractivity contribution is 7.99. The Morgan fingerprint density at radius 2 is 1.81 bits per heavy atom. The van der Waals surface area contributed by atoms with Gasteiger partial charge in [-0.25, -0.2) is 4.98 Å². The van der Waals surface area contributed by atoms with Crippen LogP contribution in [-0.2, 0) is 6.42 Å². The molecule has 5 heteroatoms. The summed E-state index contributed by atoms with van der Waals surface area (Å²) < 4.78 is 1.72. The van der Waals surface area contributed by atoms with Crippen molar-refractivity contribution in [1.29, 1.82) is 0 Å². The van der Waals surface area contributed by atoms with Crippen LogP contribution in [0.4, 0.5) is 0 Å². The molecule has 0 spiro atoms. The van der Waals surface area contributed by atoms with Gasteiger partial charge >= 0.3 is 0 Å². The number of unbranched alkanes of at least 4 members (excludes halogenated alkanes) is 2. The van der Waals surface area contributed by atoms with Crippen LogP contribution in [0.1, 0.15) is 31.7 Å². The van der Waals surface area contributed by atoms with E-state index >= 15 is 0 Å². The summed E-state index contributed by atoms with van der Waals surface area (Å²) in [6.45, 7) is 2.35. The van der Waals surface area contributed by atoms with Gasteiger partial charge in [0.05, 0.1) is 16.6 Å². The molecule has 0 aliphatic rings. The van der Waals surface area contributed by atoms with Gasteiger partial charge in [0.2, 0.25) is 0 Å². The van der Waals surface area contributed by atoms with Crippen LogP contribution in [0.25, 0.3) is 16.6 Å². The molecule has 0 aliphatic heterocycles. The molecule has 0 saturated carbocycles. The molecule has 0 fully saturated rings. The van der Waals surface area contributed by atoms with Gasteiger partial charge in [-0.15, -0.1) is 0 Å². The molecule has 1 aromatic heterocycles. The van der Waals surface area contributed by atoms with Crippen molar-refractivity contribution in [3.63, 3.8) is 0 Å². The molecule has 0 bridgehead atoms. The van der Waals surface area contributed by atoms with Gasteiger partial charge in [-0.1, -0.05) is 49.4 Å². The zero-order valence-electron chi connectivity index (χ0n) is 15.0. The van der Waals surface area contributed by atoms with Crippen LogP contribution < -0.4 is 5.56 Å². The minimum absolute atomic E-state index is 0.0299. The van der Waals surface area contributed by atoms with Crippen LogP contribution in [0.2, 0.25) is 0 Å². The largest absolute Gasteiger partial charge is 0.396 e. The Morgan fingerprint density at radius 1 is 1.04 bits per heavy atom. The Hall–Kier alpha value is -2.11. The van der Waals surface area contributed by atoms with E-state index in [9.17, 15) is 4.79 Å². The Labute approximate surface area is 157 Å².